The van der Waals surface area contributed by atoms with Crippen LogP contribution in [0, 0.1) is 0 Å². The minimum absolute atomic E-state index is 0.0367. The lowest BCUT2D eigenvalue weighted by Crippen LogP contribution is -2.59. The highest BCUT2D eigenvalue weighted by atomic mass is 16.5. The fourth-order valence-electron chi connectivity index (χ4n) is 2.29. The number of hydrogen-bond donors (Lipinski definition) is 2. The number of urea groups is 1. The number of hydrogen-bond acceptors (Lipinski definition) is 3. The standard InChI is InChI=1S/C14H26N2O4/c1-4-5-6-8-16(11(2)3)13(19)15-14(12(17)18)7-9-20-10-14/h11H,4-10H2,1-3H3,(H,15,19)(H,17,18). The molecule has 1 atom stereocenters. The second kappa shape index (κ2) is 7.47. The van der Waals surface area contributed by atoms with E-state index in [0.29, 0.717) is 19.6 Å². The van der Waals surface area contributed by atoms with Gasteiger partial charge in [-0.25, -0.2) is 9.59 Å². The first-order valence-corrected chi connectivity index (χ1v) is 7.33. The van der Waals surface area contributed by atoms with Gasteiger partial charge in [-0.3, -0.25) is 0 Å². The predicted octanol–water partition coefficient (Wildman–Crippen LogP) is 1.84. The van der Waals surface area contributed by atoms with Crippen molar-refractivity contribution in [3.63, 3.8) is 0 Å². The monoisotopic (exact) mass is 286 g/mol. The highest BCUT2D eigenvalue weighted by Crippen LogP contribution is 2.20. The van der Waals surface area contributed by atoms with E-state index >= 15 is 0 Å². The van der Waals surface area contributed by atoms with Crippen molar-refractivity contribution in [2.24, 2.45) is 0 Å². The second-order valence-electron chi connectivity index (χ2n) is 5.61. The van der Waals surface area contributed by atoms with Gasteiger partial charge in [-0.2, -0.15) is 0 Å². The lowest BCUT2D eigenvalue weighted by molar-refractivity contribution is -0.144. The quantitative estimate of drug-likeness (QED) is 0.700. The molecule has 6 nitrogen and oxygen atoms in total. The third-order valence-electron chi connectivity index (χ3n) is 3.66. The SMILES string of the molecule is CCCCCN(C(=O)NC1(C(=O)O)CCOC1)C(C)C. The van der Waals surface area contributed by atoms with Crippen LogP contribution in [0.3, 0.4) is 0 Å². The number of ether oxygens (including phenoxy) is 1. The summed E-state index contributed by atoms with van der Waals surface area (Å²) in [6.07, 6.45) is 3.39. The highest BCUT2D eigenvalue weighted by Gasteiger charge is 2.44. The van der Waals surface area contributed by atoms with Crippen molar-refractivity contribution in [1.29, 1.82) is 0 Å². The van der Waals surface area contributed by atoms with Crippen LogP contribution in [-0.2, 0) is 9.53 Å². The maximum Gasteiger partial charge on any atom is 0.332 e. The molecule has 0 aliphatic carbocycles. The lowest BCUT2D eigenvalue weighted by atomic mass is 9.99. The lowest BCUT2D eigenvalue weighted by Gasteiger charge is -2.32. The number of nitrogens with zero attached hydrogens (tertiary/aromatic N) is 1. The van der Waals surface area contributed by atoms with E-state index in [0.717, 1.165) is 19.3 Å². The summed E-state index contributed by atoms with van der Waals surface area (Å²) in [6.45, 7) is 7.02. The van der Waals surface area contributed by atoms with E-state index < -0.39 is 11.5 Å². The van der Waals surface area contributed by atoms with Gasteiger partial charge in [0.15, 0.2) is 5.54 Å². The van der Waals surface area contributed by atoms with Gasteiger partial charge in [-0.15, -0.1) is 0 Å². The topological polar surface area (TPSA) is 78.9 Å². The first-order chi connectivity index (χ1) is 9.43. The zero-order valence-electron chi connectivity index (χ0n) is 12.6. The van der Waals surface area contributed by atoms with E-state index in [-0.39, 0.29) is 18.7 Å². The number of carbonyl (C=O) groups excluding carboxylic acids is 1. The molecular weight excluding hydrogens is 260 g/mol. The summed E-state index contributed by atoms with van der Waals surface area (Å²) in [5, 5.41) is 12.0. The van der Waals surface area contributed by atoms with Crippen LogP contribution in [0.15, 0.2) is 0 Å². The van der Waals surface area contributed by atoms with Gasteiger partial charge in [-0.05, 0) is 20.3 Å². The van der Waals surface area contributed by atoms with Gasteiger partial charge in [0.1, 0.15) is 0 Å². The van der Waals surface area contributed by atoms with Crippen molar-refractivity contribution in [3.8, 4) is 0 Å². The van der Waals surface area contributed by atoms with E-state index in [1.807, 2.05) is 13.8 Å². The normalized spacial score (nSPS) is 22.0. The number of amides is 2. The summed E-state index contributed by atoms with van der Waals surface area (Å²) in [7, 11) is 0. The maximum atomic E-state index is 12.3. The largest absolute Gasteiger partial charge is 0.479 e. The van der Waals surface area contributed by atoms with Crippen molar-refractivity contribution < 1.29 is 19.4 Å². The van der Waals surface area contributed by atoms with Crippen LogP contribution in [0.4, 0.5) is 4.79 Å². The van der Waals surface area contributed by atoms with Crippen LogP contribution in [-0.4, -0.2) is 53.3 Å². The highest BCUT2D eigenvalue weighted by molar-refractivity contribution is 5.86. The molecule has 1 unspecified atom stereocenters. The van der Waals surface area contributed by atoms with Gasteiger partial charge in [0.25, 0.3) is 0 Å². The Morgan fingerprint density at radius 3 is 2.55 bits per heavy atom. The maximum absolute atomic E-state index is 12.3. The first-order valence-electron chi connectivity index (χ1n) is 7.33. The van der Waals surface area contributed by atoms with Crippen LogP contribution < -0.4 is 5.32 Å². The average Bonchev–Trinajstić information content (AvgIpc) is 2.83. The molecule has 20 heavy (non-hydrogen) atoms. The molecule has 0 aromatic rings. The fourth-order valence-corrected chi connectivity index (χ4v) is 2.29. The third-order valence-corrected chi connectivity index (χ3v) is 3.66. The van der Waals surface area contributed by atoms with Crippen molar-refractivity contribution in [1.82, 2.24) is 10.2 Å². The first kappa shape index (κ1) is 16.8. The Bertz CT molecular complexity index is 338. The van der Waals surface area contributed by atoms with E-state index in [2.05, 4.69) is 12.2 Å². The Kier molecular flexibility index (Phi) is 6.26. The summed E-state index contributed by atoms with van der Waals surface area (Å²) in [5.74, 6) is -1.03. The van der Waals surface area contributed by atoms with Gasteiger partial charge in [0.05, 0.1) is 6.61 Å². The van der Waals surface area contributed by atoms with Crippen molar-refractivity contribution >= 4 is 12.0 Å². The van der Waals surface area contributed by atoms with E-state index in [1.54, 1.807) is 4.90 Å². The molecule has 1 aliphatic rings. The van der Waals surface area contributed by atoms with Gasteiger partial charge in [0.2, 0.25) is 0 Å². The summed E-state index contributed by atoms with van der Waals surface area (Å²) < 4.78 is 5.15. The van der Waals surface area contributed by atoms with E-state index in [1.165, 1.54) is 0 Å². The van der Waals surface area contributed by atoms with Crippen LogP contribution in [0.25, 0.3) is 0 Å². The van der Waals surface area contributed by atoms with Crippen molar-refractivity contribution in [3.05, 3.63) is 0 Å². The fraction of sp³-hybridized carbons (Fsp3) is 0.857. The van der Waals surface area contributed by atoms with E-state index in [9.17, 15) is 14.7 Å². The minimum Gasteiger partial charge on any atom is -0.479 e. The number of carboxylic acids is 1. The molecule has 1 fully saturated rings. The molecule has 2 amide bonds. The molecule has 6 heteroatoms. The average molecular weight is 286 g/mol. The van der Waals surface area contributed by atoms with Crippen LogP contribution >= 0.6 is 0 Å². The summed E-state index contributed by atoms with van der Waals surface area (Å²) in [5.41, 5.74) is -1.27. The van der Waals surface area contributed by atoms with Gasteiger partial charge in [0, 0.05) is 25.6 Å². The Balaban J connectivity index is 2.67. The Morgan fingerprint density at radius 1 is 1.40 bits per heavy atom. The zero-order valence-corrected chi connectivity index (χ0v) is 12.6. The number of nitrogens with one attached hydrogen (secondary N) is 1. The number of aliphatic carboxylic acids is 1. The number of carboxylic acid groups (broad SMARTS) is 1. The van der Waals surface area contributed by atoms with Crippen LogP contribution in [0.1, 0.15) is 46.5 Å². The summed E-state index contributed by atoms with van der Waals surface area (Å²) in [6, 6.07) is -0.274. The molecule has 1 aliphatic heterocycles. The molecule has 0 aromatic carbocycles. The molecule has 1 saturated heterocycles. The molecule has 1 rings (SSSR count). The smallest absolute Gasteiger partial charge is 0.332 e. The summed E-state index contributed by atoms with van der Waals surface area (Å²) in [4.78, 5) is 25.4. The Labute approximate surface area is 120 Å². The third kappa shape index (κ3) is 4.10. The van der Waals surface area contributed by atoms with Gasteiger partial charge in [-0.1, -0.05) is 19.8 Å². The Morgan fingerprint density at radius 2 is 2.10 bits per heavy atom. The number of carbonyl (C=O) groups is 2. The molecule has 0 spiro atoms. The molecule has 2 N–H and O–H groups in total. The molecule has 1 heterocycles. The van der Waals surface area contributed by atoms with E-state index in [4.69, 9.17) is 4.74 Å². The van der Waals surface area contributed by atoms with Crippen molar-refractivity contribution in [2.75, 3.05) is 19.8 Å². The molecular formula is C14H26N2O4. The summed E-state index contributed by atoms with van der Waals surface area (Å²) >= 11 is 0. The van der Waals surface area contributed by atoms with Crippen LogP contribution in [0.2, 0.25) is 0 Å². The molecule has 0 radical (unpaired) electrons. The second-order valence-corrected chi connectivity index (χ2v) is 5.61. The zero-order chi connectivity index (χ0) is 15.2. The predicted molar refractivity (Wildman–Crippen MR) is 75.7 cm³/mol. The van der Waals surface area contributed by atoms with Gasteiger partial charge >= 0.3 is 12.0 Å². The molecule has 0 aromatic heterocycles. The molecule has 0 bridgehead atoms. The minimum atomic E-state index is -1.27. The Hall–Kier alpha value is -1.30. The number of unbranched alkanes of at least 4 members (excludes halogenated alkanes) is 2. The van der Waals surface area contributed by atoms with Gasteiger partial charge < -0.3 is 20.1 Å². The molecule has 116 valence electrons. The number of rotatable bonds is 7. The van der Waals surface area contributed by atoms with Crippen LogP contribution in [0.5, 0.6) is 0 Å². The molecule has 0 saturated carbocycles. The van der Waals surface area contributed by atoms with Crippen molar-refractivity contribution in [2.45, 2.75) is 58.0 Å².